The van der Waals surface area contributed by atoms with E-state index in [9.17, 15) is 13.6 Å². The van der Waals surface area contributed by atoms with Crippen molar-refractivity contribution in [3.05, 3.63) is 81.4 Å². The molecule has 1 aliphatic heterocycles. The molecule has 0 saturated carbocycles. The maximum Gasteiger partial charge on any atom is 0.235 e. The summed E-state index contributed by atoms with van der Waals surface area (Å²) in [4.78, 5) is 23.3. The summed E-state index contributed by atoms with van der Waals surface area (Å²) in [5, 5.41) is 5.46. The van der Waals surface area contributed by atoms with Crippen LogP contribution in [0.1, 0.15) is 29.3 Å². The van der Waals surface area contributed by atoms with Crippen molar-refractivity contribution in [2.45, 2.75) is 26.2 Å². The highest BCUT2D eigenvalue weighted by Gasteiger charge is 2.22. The first-order chi connectivity index (χ1) is 16.9. The number of rotatable bonds is 3. The van der Waals surface area contributed by atoms with E-state index < -0.39 is 11.6 Å². The van der Waals surface area contributed by atoms with Crippen molar-refractivity contribution in [2.24, 2.45) is 0 Å². The first-order valence-electron chi connectivity index (χ1n) is 11.2. The maximum atomic E-state index is 14.8. The van der Waals surface area contributed by atoms with E-state index in [1.54, 1.807) is 12.3 Å². The van der Waals surface area contributed by atoms with E-state index in [1.807, 2.05) is 26.0 Å². The standard InChI is InChI=1S/C26H20F2N4O2S/c1-13-7-21-24(30-14(13)2)26(33)25(31-32(21)20-4-3-17(27)9-18(20)28)23-8-16-11-29-19(10-22(16)35-23)15-5-6-34-12-15/h3-4,7-11,15H,5-6,12H2,1-2H3/t15-/m1/s1. The Morgan fingerprint density at radius 2 is 2.00 bits per heavy atom. The molecule has 9 heteroatoms. The summed E-state index contributed by atoms with van der Waals surface area (Å²) in [6.45, 7) is 5.06. The topological polar surface area (TPSA) is 69.9 Å². The molecule has 35 heavy (non-hydrogen) atoms. The van der Waals surface area contributed by atoms with Gasteiger partial charge in [0.2, 0.25) is 5.43 Å². The molecule has 1 fully saturated rings. The largest absolute Gasteiger partial charge is 0.381 e. The molecule has 0 N–H and O–H groups in total. The highest BCUT2D eigenvalue weighted by molar-refractivity contribution is 7.22. The Kier molecular flexibility index (Phi) is 5.19. The molecule has 0 bridgehead atoms. The Bertz CT molecular complexity index is 1690. The monoisotopic (exact) mass is 490 g/mol. The average Bonchev–Trinajstić information content (AvgIpc) is 3.51. The minimum atomic E-state index is -0.782. The third-order valence-corrected chi connectivity index (χ3v) is 7.55. The molecule has 6 nitrogen and oxygen atoms in total. The van der Waals surface area contributed by atoms with Crippen LogP contribution in [0.4, 0.5) is 8.78 Å². The molecule has 1 aliphatic rings. The van der Waals surface area contributed by atoms with Crippen molar-refractivity contribution in [1.29, 1.82) is 0 Å². The molecule has 6 rings (SSSR count). The van der Waals surface area contributed by atoms with E-state index in [2.05, 4.69) is 15.1 Å². The highest BCUT2D eigenvalue weighted by Crippen LogP contribution is 2.34. The second kappa shape index (κ2) is 8.28. The van der Waals surface area contributed by atoms with Gasteiger partial charge in [0.15, 0.2) is 11.5 Å². The van der Waals surface area contributed by atoms with Gasteiger partial charge in [0.05, 0.1) is 17.0 Å². The molecule has 0 aliphatic carbocycles. The zero-order valence-electron chi connectivity index (χ0n) is 19.0. The van der Waals surface area contributed by atoms with E-state index >= 15 is 0 Å². The lowest BCUT2D eigenvalue weighted by atomic mass is 10.0. The van der Waals surface area contributed by atoms with Gasteiger partial charge in [-0.1, -0.05) is 0 Å². The second-order valence-electron chi connectivity index (χ2n) is 8.76. The number of ether oxygens (including phenoxy) is 1. The molecule has 1 aromatic carbocycles. The van der Waals surface area contributed by atoms with Gasteiger partial charge >= 0.3 is 0 Å². The Labute approximate surface area is 202 Å². The molecule has 0 spiro atoms. The van der Waals surface area contributed by atoms with Crippen LogP contribution in [0, 0.1) is 25.5 Å². The zero-order chi connectivity index (χ0) is 24.3. The Hall–Kier alpha value is -3.56. The van der Waals surface area contributed by atoms with Gasteiger partial charge in [-0.2, -0.15) is 5.10 Å². The van der Waals surface area contributed by atoms with Crippen molar-refractivity contribution in [3.8, 4) is 16.3 Å². The molecule has 4 aromatic heterocycles. The summed E-state index contributed by atoms with van der Waals surface area (Å²) in [5.41, 5.74) is 2.89. The normalized spacial score (nSPS) is 15.9. The van der Waals surface area contributed by atoms with Gasteiger partial charge in [0.25, 0.3) is 0 Å². The predicted octanol–water partition coefficient (Wildman–Crippen LogP) is 5.46. The summed E-state index contributed by atoms with van der Waals surface area (Å²) in [6, 6.07) is 8.93. The number of pyridine rings is 2. The summed E-state index contributed by atoms with van der Waals surface area (Å²) in [5.74, 6) is -1.21. The van der Waals surface area contributed by atoms with Crippen LogP contribution in [-0.4, -0.2) is 33.0 Å². The number of thiophene rings is 1. The average molecular weight is 491 g/mol. The summed E-state index contributed by atoms with van der Waals surface area (Å²) in [6.07, 6.45) is 2.73. The van der Waals surface area contributed by atoms with Crippen LogP contribution in [-0.2, 0) is 4.74 Å². The maximum absolute atomic E-state index is 14.8. The van der Waals surface area contributed by atoms with Gasteiger partial charge in [0.1, 0.15) is 17.0 Å². The van der Waals surface area contributed by atoms with Crippen LogP contribution in [0.2, 0.25) is 0 Å². The Morgan fingerprint density at radius 3 is 2.77 bits per heavy atom. The molecule has 1 atom stereocenters. The quantitative estimate of drug-likeness (QED) is 0.336. The molecule has 0 radical (unpaired) electrons. The molecule has 5 aromatic rings. The lowest BCUT2D eigenvalue weighted by molar-refractivity contribution is 0.193. The lowest BCUT2D eigenvalue weighted by Gasteiger charge is -2.13. The SMILES string of the molecule is Cc1cc2c(nc1C)c(=O)c(-c1cc3cnc([C@@H]4CCOC4)cc3s1)nn2-c1ccc(F)cc1F. The smallest absolute Gasteiger partial charge is 0.235 e. The number of halogens is 2. The molecular formula is C26H20F2N4O2S. The fourth-order valence-corrected chi connectivity index (χ4v) is 5.45. The number of hydrogen-bond acceptors (Lipinski definition) is 6. The fraction of sp³-hybridized carbons (Fsp3) is 0.231. The molecule has 1 saturated heterocycles. The number of fused-ring (bicyclic) bond motifs is 2. The number of aryl methyl sites for hydroxylation is 2. The number of nitrogens with zero attached hydrogens (tertiary/aromatic N) is 4. The summed E-state index contributed by atoms with van der Waals surface area (Å²) in [7, 11) is 0. The van der Waals surface area contributed by atoms with E-state index in [4.69, 9.17) is 4.74 Å². The first-order valence-corrected chi connectivity index (χ1v) is 12.0. The number of aromatic nitrogens is 4. The molecular weight excluding hydrogens is 470 g/mol. The summed E-state index contributed by atoms with van der Waals surface area (Å²) >= 11 is 1.43. The molecule has 5 heterocycles. The van der Waals surface area contributed by atoms with Crippen LogP contribution >= 0.6 is 11.3 Å². The van der Waals surface area contributed by atoms with Crippen LogP contribution in [0.25, 0.3) is 37.4 Å². The van der Waals surface area contributed by atoms with Gasteiger partial charge in [-0.05, 0) is 56.2 Å². The third-order valence-electron chi connectivity index (χ3n) is 6.45. The van der Waals surface area contributed by atoms with Crippen LogP contribution < -0.4 is 5.43 Å². The van der Waals surface area contributed by atoms with Crippen molar-refractivity contribution >= 4 is 32.5 Å². The van der Waals surface area contributed by atoms with Crippen molar-refractivity contribution in [1.82, 2.24) is 19.7 Å². The van der Waals surface area contributed by atoms with E-state index in [1.165, 1.54) is 22.1 Å². The van der Waals surface area contributed by atoms with Crippen LogP contribution in [0.15, 0.2) is 47.4 Å². The predicted molar refractivity (Wildman–Crippen MR) is 131 cm³/mol. The third kappa shape index (κ3) is 3.71. The van der Waals surface area contributed by atoms with E-state index in [0.717, 1.165) is 46.5 Å². The minimum absolute atomic E-state index is 0.0361. The van der Waals surface area contributed by atoms with Crippen molar-refractivity contribution in [3.63, 3.8) is 0 Å². The van der Waals surface area contributed by atoms with Crippen molar-refractivity contribution in [2.75, 3.05) is 13.2 Å². The number of benzene rings is 1. The van der Waals surface area contributed by atoms with Gasteiger partial charge < -0.3 is 4.74 Å². The molecule has 176 valence electrons. The first kappa shape index (κ1) is 21.9. The van der Waals surface area contributed by atoms with Crippen LogP contribution in [0.5, 0.6) is 0 Å². The van der Waals surface area contributed by atoms with Crippen molar-refractivity contribution < 1.29 is 13.5 Å². The number of hydrogen-bond donors (Lipinski definition) is 0. The van der Waals surface area contributed by atoms with Crippen LogP contribution in [0.3, 0.4) is 0 Å². The minimum Gasteiger partial charge on any atom is -0.381 e. The molecule has 0 amide bonds. The highest BCUT2D eigenvalue weighted by atomic mass is 32.1. The van der Waals surface area contributed by atoms with Gasteiger partial charge in [-0.3, -0.25) is 9.78 Å². The van der Waals surface area contributed by atoms with Gasteiger partial charge in [-0.15, -0.1) is 11.3 Å². The molecule has 0 unspecified atom stereocenters. The van der Waals surface area contributed by atoms with Gasteiger partial charge in [-0.25, -0.2) is 18.4 Å². The van der Waals surface area contributed by atoms with E-state index in [0.29, 0.717) is 22.7 Å². The zero-order valence-corrected chi connectivity index (χ0v) is 19.8. The fourth-order valence-electron chi connectivity index (χ4n) is 4.39. The second-order valence-corrected chi connectivity index (χ2v) is 9.85. The Morgan fingerprint density at radius 1 is 1.14 bits per heavy atom. The lowest BCUT2D eigenvalue weighted by Crippen LogP contribution is -2.18. The van der Waals surface area contributed by atoms with E-state index in [-0.39, 0.29) is 28.2 Å². The Balaban J connectivity index is 1.59. The van der Waals surface area contributed by atoms with Gasteiger partial charge in [0, 0.05) is 46.3 Å². The summed E-state index contributed by atoms with van der Waals surface area (Å²) < 4.78 is 36.3.